The van der Waals surface area contributed by atoms with Gasteiger partial charge in [0.15, 0.2) is 5.12 Å². The van der Waals surface area contributed by atoms with Crippen LogP contribution in [0.3, 0.4) is 0 Å². The largest absolute Gasteiger partial charge is 0.398 e. The molecule has 0 aliphatic heterocycles. The first kappa shape index (κ1) is 15.5. The maximum absolute atomic E-state index is 10.7. The predicted molar refractivity (Wildman–Crippen MR) is 77.3 cm³/mol. The highest BCUT2D eigenvalue weighted by molar-refractivity contribution is 9.10. The van der Waals surface area contributed by atoms with E-state index in [0.717, 1.165) is 11.8 Å². The molecule has 0 saturated carbocycles. The summed E-state index contributed by atoms with van der Waals surface area (Å²) in [4.78, 5) is 10.7. The van der Waals surface area contributed by atoms with Crippen molar-refractivity contribution in [1.82, 2.24) is 0 Å². The molecule has 1 aromatic carbocycles. The molecule has 0 saturated heterocycles. The minimum atomic E-state index is -0.977. The molecule has 0 fully saturated rings. The van der Waals surface area contributed by atoms with E-state index >= 15 is 0 Å². The number of nitrogens with two attached hydrogens (primary N) is 1. The summed E-state index contributed by atoms with van der Waals surface area (Å²) in [5.41, 5.74) is 6.82. The highest BCUT2D eigenvalue weighted by Crippen LogP contribution is 2.26. The number of nitrogen functional groups attached to an aromatic ring is 1. The van der Waals surface area contributed by atoms with Gasteiger partial charge in [0, 0.05) is 22.8 Å². The van der Waals surface area contributed by atoms with Gasteiger partial charge in [-0.2, -0.15) is 0 Å². The van der Waals surface area contributed by atoms with Crippen molar-refractivity contribution in [1.29, 1.82) is 0 Å². The fourth-order valence-corrected chi connectivity index (χ4v) is 2.47. The van der Waals surface area contributed by atoms with Crippen LogP contribution in [-0.2, 0) is 4.79 Å². The summed E-state index contributed by atoms with van der Waals surface area (Å²) >= 11 is 4.41. The van der Waals surface area contributed by atoms with Gasteiger partial charge in [0.2, 0.25) is 0 Å². The number of hydrogen-bond donors (Lipinski definition) is 3. The Morgan fingerprint density at radius 2 is 2.17 bits per heavy atom. The van der Waals surface area contributed by atoms with Crippen molar-refractivity contribution in [3.05, 3.63) is 28.2 Å². The summed E-state index contributed by atoms with van der Waals surface area (Å²) in [6.07, 6.45) is -1.52. The van der Waals surface area contributed by atoms with Crippen LogP contribution in [0.4, 0.5) is 5.69 Å². The van der Waals surface area contributed by atoms with E-state index in [1.807, 2.05) is 0 Å². The Labute approximate surface area is 119 Å². The number of aliphatic hydroxyl groups excluding tert-OH is 2. The summed E-state index contributed by atoms with van der Waals surface area (Å²) < 4.78 is 0.685. The average Bonchev–Trinajstić information content (AvgIpc) is 2.31. The fraction of sp³-hybridized carbons (Fsp3) is 0.417. The van der Waals surface area contributed by atoms with E-state index in [4.69, 9.17) is 5.73 Å². The van der Waals surface area contributed by atoms with Gasteiger partial charge in [-0.3, -0.25) is 4.79 Å². The lowest BCUT2D eigenvalue weighted by atomic mass is 10.0. The molecule has 6 heteroatoms. The number of halogens is 1. The molecule has 0 amide bonds. The predicted octanol–water partition coefficient (Wildman–Crippen LogP) is 2.10. The lowest BCUT2D eigenvalue weighted by molar-refractivity contribution is -0.109. The molecular weight excluding hydrogens is 318 g/mol. The van der Waals surface area contributed by atoms with E-state index in [1.54, 1.807) is 18.2 Å². The van der Waals surface area contributed by atoms with Crippen LogP contribution in [0.25, 0.3) is 0 Å². The summed E-state index contributed by atoms with van der Waals surface area (Å²) in [6.45, 7) is 1.48. The van der Waals surface area contributed by atoms with Crippen LogP contribution in [0, 0.1) is 0 Å². The zero-order chi connectivity index (χ0) is 13.7. The Hall–Kier alpha value is -0.560. The molecule has 4 nitrogen and oxygen atoms in total. The zero-order valence-electron chi connectivity index (χ0n) is 9.97. The van der Waals surface area contributed by atoms with Crippen molar-refractivity contribution in [2.24, 2.45) is 0 Å². The molecule has 1 aromatic rings. The van der Waals surface area contributed by atoms with Crippen molar-refractivity contribution in [2.75, 3.05) is 11.5 Å². The number of anilines is 1. The summed E-state index contributed by atoms with van der Waals surface area (Å²) in [7, 11) is 0. The van der Waals surface area contributed by atoms with Gasteiger partial charge < -0.3 is 15.9 Å². The number of benzene rings is 1. The van der Waals surface area contributed by atoms with Crippen molar-refractivity contribution >= 4 is 38.5 Å². The van der Waals surface area contributed by atoms with Crippen molar-refractivity contribution in [2.45, 2.75) is 25.6 Å². The Bertz CT molecular complexity index is 428. The fourth-order valence-electron chi connectivity index (χ4n) is 1.43. The van der Waals surface area contributed by atoms with Gasteiger partial charge in [0.1, 0.15) is 6.10 Å². The first-order valence-electron chi connectivity index (χ1n) is 5.46. The number of hydrogen-bond acceptors (Lipinski definition) is 5. The van der Waals surface area contributed by atoms with E-state index < -0.39 is 12.2 Å². The van der Waals surface area contributed by atoms with Gasteiger partial charge >= 0.3 is 0 Å². The molecule has 0 aliphatic carbocycles. The van der Waals surface area contributed by atoms with Crippen LogP contribution >= 0.6 is 27.7 Å². The van der Waals surface area contributed by atoms with Crippen LogP contribution < -0.4 is 5.73 Å². The molecule has 0 spiro atoms. The molecule has 18 heavy (non-hydrogen) atoms. The topological polar surface area (TPSA) is 83.5 Å². The first-order valence-corrected chi connectivity index (χ1v) is 7.24. The van der Waals surface area contributed by atoms with Gasteiger partial charge in [0.25, 0.3) is 0 Å². The van der Waals surface area contributed by atoms with Gasteiger partial charge in [-0.15, -0.1) is 0 Å². The maximum Gasteiger partial charge on any atom is 0.185 e. The quantitative estimate of drug-likeness (QED) is 0.718. The highest BCUT2D eigenvalue weighted by Gasteiger charge is 2.18. The Kier molecular flexibility index (Phi) is 6.14. The second-order valence-corrected chi connectivity index (χ2v) is 6.05. The van der Waals surface area contributed by atoms with Gasteiger partial charge in [-0.25, -0.2) is 0 Å². The summed E-state index contributed by atoms with van der Waals surface area (Å²) in [5, 5.41) is 19.8. The third-order valence-electron chi connectivity index (χ3n) is 2.45. The third-order valence-corrected chi connectivity index (χ3v) is 3.98. The van der Waals surface area contributed by atoms with E-state index in [-0.39, 0.29) is 5.12 Å². The SMILES string of the molecule is CC(=O)SCCC(O)C(O)c1ccc(N)c(Br)c1. The maximum atomic E-state index is 10.7. The number of aliphatic hydroxyl groups is 2. The molecule has 0 aliphatic rings. The first-order chi connectivity index (χ1) is 8.41. The third kappa shape index (κ3) is 4.61. The molecule has 1 rings (SSSR count). The van der Waals surface area contributed by atoms with E-state index in [0.29, 0.717) is 27.9 Å². The van der Waals surface area contributed by atoms with Crippen molar-refractivity contribution in [3.8, 4) is 0 Å². The molecule has 100 valence electrons. The summed E-state index contributed by atoms with van der Waals surface area (Å²) in [5.74, 6) is 0.490. The van der Waals surface area contributed by atoms with Crippen LogP contribution in [-0.4, -0.2) is 27.2 Å². The minimum absolute atomic E-state index is 0.00641. The molecule has 0 bridgehead atoms. The van der Waals surface area contributed by atoms with Crippen molar-refractivity contribution < 1.29 is 15.0 Å². The smallest absolute Gasteiger partial charge is 0.185 e. The molecule has 2 unspecified atom stereocenters. The lowest BCUT2D eigenvalue weighted by Crippen LogP contribution is -2.19. The normalized spacial score (nSPS) is 14.2. The second kappa shape index (κ2) is 7.13. The number of carbonyl (C=O) groups excluding carboxylic acids is 1. The van der Waals surface area contributed by atoms with Crippen LogP contribution in [0.5, 0.6) is 0 Å². The minimum Gasteiger partial charge on any atom is -0.398 e. The average molecular weight is 334 g/mol. The highest BCUT2D eigenvalue weighted by atomic mass is 79.9. The molecule has 0 heterocycles. The molecule has 4 N–H and O–H groups in total. The Balaban J connectivity index is 2.59. The Morgan fingerprint density at radius 1 is 1.50 bits per heavy atom. The summed E-state index contributed by atoms with van der Waals surface area (Å²) in [6, 6.07) is 5.02. The molecule has 0 aromatic heterocycles. The van der Waals surface area contributed by atoms with E-state index in [1.165, 1.54) is 6.92 Å². The van der Waals surface area contributed by atoms with Crippen LogP contribution in [0.1, 0.15) is 25.0 Å². The molecular formula is C12H16BrNO3S. The zero-order valence-corrected chi connectivity index (χ0v) is 12.4. The van der Waals surface area contributed by atoms with Crippen molar-refractivity contribution in [3.63, 3.8) is 0 Å². The van der Waals surface area contributed by atoms with Crippen LogP contribution in [0.2, 0.25) is 0 Å². The number of rotatable bonds is 5. The van der Waals surface area contributed by atoms with Crippen LogP contribution in [0.15, 0.2) is 22.7 Å². The van der Waals surface area contributed by atoms with Gasteiger partial charge in [-0.05, 0) is 40.0 Å². The van der Waals surface area contributed by atoms with Gasteiger partial charge in [-0.1, -0.05) is 17.8 Å². The molecule has 2 atom stereocenters. The number of carbonyl (C=O) groups is 1. The standard InChI is InChI=1S/C12H16BrNO3S/c1-7(15)18-5-4-11(16)12(17)8-2-3-10(14)9(13)6-8/h2-3,6,11-12,16-17H,4-5,14H2,1H3. The molecule has 0 radical (unpaired) electrons. The number of thioether (sulfide) groups is 1. The van der Waals surface area contributed by atoms with E-state index in [9.17, 15) is 15.0 Å². The van der Waals surface area contributed by atoms with Gasteiger partial charge in [0.05, 0.1) is 6.10 Å². The monoisotopic (exact) mass is 333 g/mol. The second-order valence-electron chi connectivity index (χ2n) is 3.92. The van der Waals surface area contributed by atoms with E-state index in [2.05, 4.69) is 15.9 Å². The Morgan fingerprint density at radius 3 is 2.72 bits per heavy atom. The lowest BCUT2D eigenvalue weighted by Gasteiger charge is -2.18.